The topological polar surface area (TPSA) is 53.4 Å². The number of fused-ring (bicyclic) bond motifs is 3. The quantitative estimate of drug-likeness (QED) is 0.207. The molecule has 5 unspecified atom stereocenters. The molecule has 3 aromatic carbocycles. The van der Waals surface area contributed by atoms with Crippen LogP contribution in [0.1, 0.15) is 46.6 Å². The maximum atomic E-state index is 5.61. The van der Waals surface area contributed by atoms with Crippen LogP contribution in [0.25, 0.3) is 22.5 Å². The molecule has 1 N–H and O–H groups in total. The van der Waals surface area contributed by atoms with Gasteiger partial charge in [0.05, 0.1) is 0 Å². The Balaban J connectivity index is 1.17. The summed E-state index contributed by atoms with van der Waals surface area (Å²) in [5.41, 5.74) is 16.1. The van der Waals surface area contributed by atoms with Gasteiger partial charge in [-0.05, 0) is 96.6 Å². The maximum absolute atomic E-state index is 5.61. The molecule has 0 spiro atoms. The number of likely N-dealkylation sites (N-methyl/N-ethyl adjacent to an activating group) is 1. The van der Waals surface area contributed by atoms with Crippen molar-refractivity contribution in [3.05, 3.63) is 196 Å². The molecule has 0 bridgehead atoms. The highest BCUT2D eigenvalue weighted by molar-refractivity contribution is 6.01. The van der Waals surface area contributed by atoms with Crippen LogP contribution < -0.4 is 5.32 Å². The van der Waals surface area contributed by atoms with E-state index in [4.69, 9.17) is 15.0 Å². The molecule has 5 aliphatic rings. The highest BCUT2D eigenvalue weighted by Gasteiger charge is 2.38. The summed E-state index contributed by atoms with van der Waals surface area (Å²) in [5, 5.41) is 3.90. The second-order valence-electron chi connectivity index (χ2n) is 14.3. The summed E-state index contributed by atoms with van der Waals surface area (Å²) in [7, 11) is 2.19. The molecular formula is C47H41N5. The molecule has 9 rings (SSSR count). The van der Waals surface area contributed by atoms with Crippen molar-refractivity contribution in [2.75, 3.05) is 7.05 Å². The summed E-state index contributed by atoms with van der Waals surface area (Å²) < 4.78 is 0. The minimum atomic E-state index is -0.194. The molecule has 0 saturated heterocycles. The zero-order valence-electron chi connectivity index (χ0n) is 29.7. The maximum Gasteiger partial charge on any atom is 0.159 e. The molecular weight excluding hydrogens is 635 g/mol. The van der Waals surface area contributed by atoms with Crippen LogP contribution in [-0.4, -0.2) is 33.9 Å². The molecule has 0 amide bonds. The Morgan fingerprint density at radius 2 is 1.44 bits per heavy atom. The largest absolute Gasteiger partial charge is 0.350 e. The van der Waals surface area contributed by atoms with E-state index in [1.807, 2.05) is 19.9 Å². The monoisotopic (exact) mass is 675 g/mol. The van der Waals surface area contributed by atoms with Gasteiger partial charge >= 0.3 is 0 Å². The number of aryl methyl sites for hydroxylation is 2. The number of hydrogen-bond acceptors (Lipinski definition) is 5. The van der Waals surface area contributed by atoms with Gasteiger partial charge in [-0.15, -0.1) is 5.73 Å². The lowest BCUT2D eigenvalue weighted by molar-refractivity contribution is 0.173. The fourth-order valence-corrected chi connectivity index (χ4v) is 8.23. The predicted molar refractivity (Wildman–Crippen MR) is 211 cm³/mol. The van der Waals surface area contributed by atoms with Crippen molar-refractivity contribution in [3.63, 3.8) is 0 Å². The molecule has 5 nitrogen and oxygen atoms in total. The van der Waals surface area contributed by atoms with Gasteiger partial charge in [0.15, 0.2) is 5.82 Å². The molecule has 52 heavy (non-hydrogen) atoms. The van der Waals surface area contributed by atoms with E-state index in [0.717, 1.165) is 51.7 Å². The Morgan fingerprint density at radius 3 is 2.21 bits per heavy atom. The molecule has 5 heteroatoms. The number of aromatic nitrogens is 2. The first kappa shape index (κ1) is 32.1. The van der Waals surface area contributed by atoms with Crippen LogP contribution in [0.4, 0.5) is 0 Å². The van der Waals surface area contributed by atoms with E-state index >= 15 is 0 Å². The Hall–Kier alpha value is -5.87. The van der Waals surface area contributed by atoms with Gasteiger partial charge in [-0.25, -0.2) is 15.0 Å². The van der Waals surface area contributed by atoms with E-state index < -0.39 is 0 Å². The SMILES string of the molecule is Cc1cc(C)nc(-c2ccc(-c3cc(C4=NC(C5=C6C=CC=CC6C6C=CC=CC6=C5)N(C)C(c5ccccc5)N4)cc(C4C=C=CC4)c3)cc2)n1. The van der Waals surface area contributed by atoms with Crippen LogP contribution in [0, 0.1) is 25.7 Å². The molecule has 1 aliphatic heterocycles. The second-order valence-corrected chi connectivity index (χ2v) is 14.3. The first-order chi connectivity index (χ1) is 25.5. The minimum Gasteiger partial charge on any atom is -0.350 e. The fraction of sp³-hybridized carbons (Fsp3) is 0.191. The number of aliphatic imine (C=N–C) groups is 1. The van der Waals surface area contributed by atoms with Crippen molar-refractivity contribution in [3.8, 4) is 22.5 Å². The van der Waals surface area contributed by atoms with Gasteiger partial charge in [-0.1, -0.05) is 115 Å². The predicted octanol–water partition coefficient (Wildman–Crippen LogP) is 9.65. The first-order valence-electron chi connectivity index (χ1n) is 18.2. The van der Waals surface area contributed by atoms with Gasteiger partial charge < -0.3 is 5.32 Å². The molecule has 5 atom stereocenters. The van der Waals surface area contributed by atoms with E-state index in [1.54, 1.807) is 0 Å². The van der Waals surface area contributed by atoms with Gasteiger partial charge in [0.25, 0.3) is 0 Å². The van der Waals surface area contributed by atoms with Crippen LogP contribution in [0.5, 0.6) is 0 Å². The molecule has 254 valence electrons. The number of benzene rings is 3. The Kier molecular flexibility index (Phi) is 8.23. The van der Waals surface area contributed by atoms with E-state index in [0.29, 0.717) is 5.92 Å². The third-order valence-corrected chi connectivity index (χ3v) is 10.8. The van der Waals surface area contributed by atoms with Crippen molar-refractivity contribution in [1.29, 1.82) is 0 Å². The normalized spacial score (nSPS) is 24.4. The highest BCUT2D eigenvalue weighted by atomic mass is 15.4. The van der Waals surface area contributed by atoms with Crippen LogP contribution in [0.15, 0.2) is 173 Å². The molecule has 2 heterocycles. The number of nitrogens with one attached hydrogen (secondary N) is 1. The summed E-state index contributed by atoms with van der Waals surface area (Å²) in [4.78, 5) is 17.4. The third-order valence-electron chi connectivity index (χ3n) is 10.8. The lowest BCUT2D eigenvalue weighted by Gasteiger charge is -2.42. The molecule has 4 aromatic rings. The molecule has 0 radical (unpaired) electrons. The third kappa shape index (κ3) is 5.98. The van der Waals surface area contributed by atoms with Crippen LogP contribution >= 0.6 is 0 Å². The first-order valence-corrected chi connectivity index (χ1v) is 18.2. The average molecular weight is 676 g/mol. The second kappa shape index (κ2) is 13.4. The number of rotatable bonds is 6. The number of amidine groups is 1. The smallest absolute Gasteiger partial charge is 0.159 e. The molecule has 4 aliphatic carbocycles. The fourth-order valence-electron chi connectivity index (χ4n) is 8.23. The summed E-state index contributed by atoms with van der Waals surface area (Å²) in [6, 6.07) is 28.3. The van der Waals surface area contributed by atoms with Gasteiger partial charge in [0.1, 0.15) is 18.2 Å². The summed E-state index contributed by atoms with van der Waals surface area (Å²) in [5.74, 6) is 2.55. The van der Waals surface area contributed by atoms with Crippen LogP contribution in [0.3, 0.4) is 0 Å². The minimum absolute atomic E-state index is 0.0801. The number of hydrogen-bond donors (Lipinski definition) is 1. The average Bonchev–Trinajstić information content (AvgIpc) is 3.73. The Bertz CT molecular complexity index is 2320. The van der Waals surface area contributed by atoms with Gasteiger partial charge in [0, 0.05) is 40.3 Å². The van der Waals surface area contributed by atoms with E-state index in [9.17, 15) is 0 Å². The van der Waals surface area contributed by atoms with E-state index in [-0.39, 0.29) is 24.2 Å². The van der Waals surface area contributed by atoms with Crippen molar-refractivity contribution in [2.24, 2.45) is 16.8 Å². The van der Waals surface area contributed by atoms with E-state index in [1.165, 1.54) is 27.8 Å². The van der Waals surface area contributed by atoms with Gasteiger partial charge in [-0.3, -0.25) is 4.90 Å². The lowest BCUT2D eigenvalue weighted by atomic mass is 9.71. The van der Waals surface area contributed by atoms with Crippen molar-refractivity contribution < 1.29 is 0 Å². The molecule has 0 saturated carbocycles. The van der Waals surface area contributed by atoms with Gasteiger partial charge in [-0.2, -0.15) is 0 Å². The number of allylic oxidation sites excluding steroid dienone is 11. The standard InChI is InChI=1S/C47H41N5/c1-30-25-31(2)49-44(48-30)34-23-21-33(22-24-34)38-26-37(32-13-7-8-14-32)27-39(28-38)45-50-46(35-15-5-4-6-16-35)52(3)47(51-45)43-29-36-17-9-10-18-40(36)41-19-11-12-20-42(41)43/h4-7,9-12,14-29,32,40-41,46-47H,13H2,1-3H3,(H,50,51). The van der Waals surface area contributed by atoms with Crippen molar-refractivity contribution in [1.82, 2.24) is 20.2 Å². The lowest BCUT2D eigenvalue weighted by Crippen LogP contribution is -2.50. The van der Waals surface area contributed by atoms with Crippen molar-refractivity contribution in [2.45, 2.75) is 38.5 Å². The van der Waals surface area contributed by atoms with E-state index in [2.05, 4.69) is 163 Å². The highest BCUT2D eigenvalue weighted by Crippen LogP contribution is 2.44. The summed E-state index contributed by atoms with van der Waals surface area (Å²) in [6.07, 6.45) is 25.3. The van der Waals surface area contributed by atoms with Crippen LogP contribution in [0.2, 0.25) is 0 Å². The molecule has 0 fully saturated rings. The Morgan fingerprint density at radius 1 is 0.712 bits per heavy atom. The number of nitrogens with zero attached hydrogens (tertiary/aromatic N) is 4. The Labute approximate surface area is 306 Å². The zero-order valence-corrected chi connectivity index (χ0v) is 29.7. The zero-order chi connectivity index (χ0) is 35.2. The molecule has 1 aromatic heterocycles. The van der Waals surface area contributed by atoms with Crippen molar-refractivity contribution >= 4 is 5.84 Å². The van der Waals surface area contributed by atoms with Gasteiger partial charge in [0.2, 0.25) is 0 Å². The van der Waals surface area contributed by atoms with Crippen LogP contribution in [-0.2, 0) is 0 Å². The summed E-state index contributed by atoms with van der Waals surface area (Å²) >= 11 is 0. The summed E-state index contributed by atoms with van der Waals surface area (Å²) in [6.45, 7) is 4.03.